The van der Waals surface area contributed by atoms with E-state index in [-0.39, 0.29) is 0 Å². The lowest BCUT2D eigenvalue weighted by Crippen LogP contribution is -2.62. The molecule has 2 saturated heterocycles. The maximum Gasteiger partial charge on any atom is 0.142 e. The maximum absolute atomic E-state index is 5.42. The lowest BCUT2D eigenvalue weighted by molar-refractivity contribution is 0.147. The van der Waals surface area contributed by atoms with Crippen molar-refractivity contribution < 1.29 is 4.74 Å². The van der Waals surface area contributed by atoms with Gasteiger partial charge in [0.15, 0.2) is 0 Å². The van der Waals surface area contributed by atoms with Gasteiger partial charge in [-0.1, -0.05) is 12.1 Å². The first-order valence-corrected chi connectivity index (χ1v) is 6.71. The van der Waals surface area contributed by atoms with Crippen LogP contribution in [0.5, 0.6) is 5.75 Å². The molecule has 4 heteroatoms. The molecule has 1 N–H and O–H groups in total. The molecule has 0 spiro atoms. The molecule has 0 radical (unpaired) electrons. The number of hydrogen-bond acceptors (Lipinski definition) is 4. The SMILES string of the molecule is COc1ccccc1N1CC(N2CCNCC2)C1. The van der Waals surface area contributed by atoms with Crippen LogP contribution in [-0.4, -0.2) is 57.3 Å². The molecule has 4 nitrogen and oxygen atoms in total. The largest absolute Gasteiger partial charge is 0.495 e. The van der Waals surface area contributed by atoms with Crippen LogP contribution >= 0.6 is 0 Å². The first-order chi connectivity index (χ1) is 8.88. The second-order valence-corrected chi connectivity index (χ2v) is 5.02. The summed E-state index contributed by atoms with van der Waals surface area (Å²) in [7, 11) is 1.74. The Morgan fingerprint density at radius 2 is 1.89 bits per heavy atom. The topological polar surface area (TPSA) is 27.7 Å². The van der Waals surface area contributed by atoms with Crippen LogP contribution in [-0.2, 0) is 0 Å². The van der Waals surface area contributed by atoms with Crippen LogP contribution in [0.2, 0.25) is 0 Å². The maximum atomic E-state index is 5.42. The molecule has 1 aromatic rings. The zero-order chi connectivity index (χ0) is 12.4. The van der Waals surface area contributed by atoms with Crippen molar-refractivity contribution in [3.05, 3.63) is 24.3 Å². The number of methoxy groups -OCH3 is 1. The van der Waals surface area contributed by atoms with Crippen LogP contribution in [0, 0.1) is 0 Å². The third-order valence-electron chi connectivity index (χ3n) is 3.96. The van der Waals surface area contributed by atoms with Gasteiger partial charge in [-0.2, -0.15) is 0 Å². The van der Waals surface area contributed by atoms with Gasteiger partial charge >= 0.3 is 0 Å². The van der Waals surface area contributed by atoms with Crippen LogP contribution in [0.4, 0.5) is 5.69 Å². The summed E-state index contributed by atoms with van der Waals surface area (Å²) in [6.45, 7) is 6.88. The Bertz CT molecular complexity index is 398. The van der Waals surface area contributed by atoms with Crippen molar-refractivity contribution in [1.82, 2.24) is 10.2 Å². The van der Waals surface area contributed by atoms with Gasteiger partial charge in [-0.15, -0.1) is 0 Å². The molecule has 3 rings (SSSR count). The summed E-state index contributed by atoms with van der Waals surface area (Å²) in [5.74, 6) is 0.983. The average molecular weight is 247 g/mol. The van der Waals surface area contributed by atoms with Gasteiger partial charge in [0.05, 0.1) is 12.8 Å². The average Bonchev–Trinajstić information content (AvgIpc) is 2.39. The van der Waals surface area contributed by atoms with Gasteiger partial charge in [0.1, 0.15) is 5.75 Å². The van der Waals surface area contributed by atoms with Crippen LogP contribution in [0.1, 0.15) is 0 Å². The summed E-state index contributed by atoms with van der Waals surface area (Å²) in [6.07, 6.45) is 0. The van der Waals surface area contributed by atoms with Crippen molar-refractivity contribution in [1.29, 1.82) is 0 Å². The minimum atomic E-state index is 0.719. The molecule has 2 aliphatic heterocycles. The summed E-state index contributed by atoms with van der Waals surface area (Å²) in [4.78, 5) is 5.01. The highest BCUT2D eigenvalue weighted by atomic mass is 16.5. The second kappa shape index (κ2) is 5.16. The van der Waals surface area contributed by atoms with Gasteiger partial charge in [-0.25, -0.2) is 0 Å². The van der Waals surface area contributed by atoms with E-state index in [0.29, 0.717) is 0 Å². The summed E-state index contributed by atoms with van der Waals surface area (Å²) in [5.41, 5.74) is 1.23. The molecular formula is C14H21N3O. The van der Waals surface area contributed by atoms with E-state index in [4.69, 9.17) is 4.74 Å². The Hall–Kier alpha value is -1.26. The number of nitrogens with zero attached hydrogens (tertiary/aromatic N) is 2. The number of ether oxygens (including phenoxy) is 1. The quantitative estimate of drug-likeness (QED) is 0.854. The Balaban J connectivity index is 1.61. The first kappa shape index (κ1) is 11.8. The van der Waals surface area contributed by atoms with E-state index < -0.39 is 0 Å². The minimum absolute atomic E-state index is 0.719. The van der Waals surface area contributed by atoms with E-state index in [0.717, 1.165) is 38.0 Å². The molecule has 1 aromatic carbocycles. The van der Waals surface area contributed by atoms with Crippen LogP contribution in [0.3, 0.4) is 0 Å². The molecule has 0 bridgehead atoms. The monoisotopic (exact) mass is 247 g/mol. The number of para-hydroxylation sites is 2. The lowest BCUT2D eigenvalue weighted by atomic mass is 10.0. The van der Waals surface area contributed by atoms with Gasteiger partial charge < -0.3 is 15.0 Å². The zero-order valence-corrected chi connectivity index (χ0v) is 10.9. The third kappa shape index (κ3) is 2.18. The number of benzene rings is 1. The van der Waals surface area contributed by atoms with E-state index in [1.807, 2.05) is 12.1 Å². The molecule has 0 aromatic heterocycles. The number of piperazine rings is 1. The Morgan fingerprint density at radius 3 is 2.61 bits per heavy atom. The standard InChI is InChI=1S/C14H21N3O/c1-18-14-5-3-2-4-13(14)17-10-12(11-17)16-8-6-15-7-9-16/h2-5,12,15H,6-11H2,1H3. The van der Waals surface area contributed by atoms with Crippen LogP contribution < -0.4 is 15.0 Å². The van der Waals surface area contributed by atoms with E-state index >= 15 is 0 Å². The fraction of sp³-hybridized carbons (Fsp3) is 0.571. The van der Waals surface area contributed by atoms with Crippen molar-refractivity contribution in [2.24, 2.45) is 0 Å². The highest BCUT2D eigenvalue weighted by Gasteiger charge is 2.33. The van der Waals surface area contributed by atoms with Gasteiger partial charge in [-0.05, 0) is 12.1 Å². The summed E-state index contributed by atoms with van der Waals surface area (Å²) < 4.78 is 5.42. The van der Waals surface area contributed by atoms with Crippen molar-refractivity contribution in [2.45, 2.75) is 6.04 Å². The van der Waals surface area contributed by atoms with Crippen molar-refractivity contribution in [3.63, 3.8) is 0 Å². The van der Waals surface area contributed by atoms with Crippen LogP contribution in [0.25, 0.3) is 0 Å². The molecule has 2 fully saturated rings. The summed E-state index contributed by atoms with van der Waals surface area (Å²) in [5, 5.41) is 3.40. The van der Waals surface area contributed by atoms with E-state index in [1.54, 1.807) is 7.11 Å². The molecule has 18 heavy (non-hydrogen) atoms. The number of nitrogens with one attached hydrogen (secondary N) is 1. The predicted molar refractivity (Wildman–Crippen MR) is 73.4 cm³/mol. The van der Waals surface area contributed by atoms with Gasteiger partial charge in [-0.3, -0.25) is 4.90 Å². The normalized spacial score (nSPS) is 21.7. The molecule has 0 aliphatic carbocycles. The number of anilines is 1. The highest BCUT2D eigenvalue weighted by molar-refractivity contribution is 5.60. The fourth-order valence-corrected chi connectivity index (χ4v) is 2.82. The van der Waals surface area contributed by atoms with E-state index in [2.05, 4.69) is 27.2 Å². The molecule has 0 atom stereocenters. The number of rotatable bonds is 3. The molecule has 0 unspecified atom stereocenters. The molecule has 2 heterocycles. The Kier molecular flexibility index (Phi) is 3.39. The minimum Gasteiger partial charge on any atom is -0.495 e. The fourth-order valence-electron chi connectivity index (χ4n) is 2.82. The molecule has 0 saturated carbocycles. The molecule has 0 amide bonds. The van der Waals surface area contributed by atoms with Crippen molar-refractivity contribution >= 4 is 5.69 Å². The number of hydrogen-bond donors (Lipinski definition) is 1. The highest BCUT2D eigenvalue weighted by Crippen LogP contribution is 2.32. The summed E-state index contributed by atoms with van der Waals surface area (Å²) >= 11 is 0. The molecule has 98 valence electrons. The second-order valence-electron chi connectivity index (χ2n) is 5.02. The Labute approximate surface area is 109 Å². The van der Waals surface area contributed by atoms with Crippen molar-refractivity contribution in [2.75, 3.05) is 51.3 Å². The van der Waals surface area contributed by atoms with Crippen molar-refractivity contribution in [3.8, 4) is 5.75 Å². The van der Waals surface area contributed by atoms with E-state index in [1.165, 1.54) is 18.8 Å². The van der Waals surface area contributed by atoms with E-state index in [9.17, 15) is 0 Å². The van der Waals surface area contributed by atoms with Gasteiger partial charge in [0.2, 0.25) is 0 Å². The van der Waals surface area contributed by atoms with Gasteiger partial charge in [0, 0.05) is 45.3 Å². The van der Waals surface area contributed by atoms with Gasteiger partial charge in [0.25, 0.3) is 0 Å². The third-order valence-corrected chi connectivity index (χ3v) is 3.96. The lowest BCUT2D eigenvalue weighted by Gasteiger charge is -2.48. The smallest absolute Gasteiger partial charge is 0.142 e. The Morgan fingerprint density at radius 1 is 1.17 bits per heavy atom. The predicted octanol–water partition coefficient (Wildman–Crippen LogP) is 0.789. The summed E-state index contributed by atoms with van der Waals surface area (Å²) in [6, 6.07) is 9.00. The zero-order valence-electron chi connectivity index (χ0n) is 10.9. The molecular weight excluding hydrogens is 226 g/mol. The van der Waals surface area contributed by atoms with Crippen LogP contribution in [0.15, 0.2) is 24.3 Å². The molecule has 2 aliphatic rings. The first-order valence-electron chi connectivity index (χ1n) is 6.71.